The smallest absolute Gasteiger partial charge is 0.376 e. The molecule has 1 N–H and O–H groups in total. The van der Waals surface area contributed by atoms with Gasteiger partial charge in [-0.1, -0.05) is 53.5 Å². The Bertz CT molecular complexity index is 1180. The Labute approximate surface area is 187 Å². The minimum atomic E-state index is -4.91. The second kappa shape index (κ2) is 8.35. The predicted octanol–water partition coefficient (Wildman–Crippen LogP) is 6.29. The molecule has 10 heteroatoms. The number of benzene rings is 3. The average Bonchev–Trinajstić information content (AvgIpc) is 2.70. The average molecular weight is 490 g/mol. The van der Waals surface area contributed by atoms with E-state index in [1.165, 1.54) is 42.5 Å². The van der Waals surface area contributed by atoms with Crippen LogP contribution in [0, 0.1) is 0 Å². The van der Waals surface area contributed by atoms with Crippen LogP contribution >= 0.6 is 23.2 Å². The number of anilines is 2. The SMILES string of the molecule is CC(O)(c1ccc(N(c2ccccc2)S(=O)(=O)c2cc(Cl)ccc2Cl)cc1)C(F)(F)F. The summed E-state index contributed by atoms with van der Waals surface area (Å²) in [4.78, 5) is -0.267. The van der Waals surface area contributed by atoms with Crippen LogP contribution < -0.4 is 4.31 Å². The number of alkyl halides is 3. The van der Waals surface area contributed by atoms with Gasteiger partial charge in [0.05, 0.1) is 16.4 Å². The Morgan fingerprint density at radius 3 is 1.97 bits per heavy atom. The van der Waals surface area contributed by atoms with Crippen molar-refractivity contribution in [2.75, 3.05) is 4.31 Å². The van der Waals surface area contributed by atoms with Crippen LogP contribution in [0.25, 0.3) is 0 Å². The van der Waals surface area contributed by atoms with Gasteiger partial charge in [-0.2, -0.15) is 13.2 Å². The van der Waals surface area contributed by atoms with Gasteiger partial charge < -0.3 is 5.11 Å². The van der Waals surface area contributed by atoms with Gasteiger partial charge in [0.1, 0.15) is 4.90 Å². The number of sulfonamides is 1. The standard InChI is InChI=1S/C21H16Cl2F3NO3S/c1-20(28,21(24,25)26)14-7-10-17(11-8-14)27(16-5-3-2-4-6-16)31(29,30)19-13-15(22)9-12-18(19)23/h2-13,28H,1H3. The van der Waals surface area contributed by atoms with Gasteiger partial charge in [-0.15, -0.1) is 0 Å². The fourth-order valence-electron chi connectivity index (χ4n) is 2.85. The molecule has 1 unspecified atom stereocenters. The molecule has 3 rings (SSSR count). The van der Waals surface area contributed by atoms with E-state index in [1.807, 2.05) is 0 Å². The number of para-hydroxylation sites is 1. The summed E-state index contributed by atoms with van der Waals surface area (Å²) in [5, 5.41) is 9.96. The summed E-state index contributed by atoms with van der Waals surface area (Å²) in [6.45, 7) is 0.624. The van der Waals surface area contributed by atoms with Crippen LogP contribution in [0.2, 0.25) is 10.0 Å². The quantitative estimate of drug-likeness (QED) is 0.458. The van der Waals surface area contributed by atoms with Crippen molar-refractivity contribution in [3.05, 3.63) is 88.4 Å². The zero-order valence-corrected chi connectivity index (χ0v) is 18.3. The Balaban J connectivity index is 2.17. The second-order valence-electron chi connectivity index (χ2n) is 6.80. The number of halogens is 5. The van der Waals surface area contributed by atoms with Crippen molar-refractivity contribution < 1.29 is 26.7 Å². The summed E-state index contributed by atoms with van der Waals surface area (Å²) in [7, 11) is -4.30. The molecule has 1 atom stereocenters. The molecule has 4 nitrogen and oxygen atoms in total. The third-order valence-corrected chi connectivity index (χ3v) is 7.09. The Hall–Kier alpha value is -2.26. The highest BCUT2D eigenvalue weighted by atomic mass is 35.5. The third-order valence-electron chi connectivity index (χ3n) is 4.62. The van der Waals surface area contributed by atoms with Crippen molar-refractivity contribution in [2.45, 2.75) is 23.6 Å². The summed E-state index contributed by atoms with van der Waals surface area (Å²) in [5.74, 6) is 0. The first-order valence-electron chi connectivity index (χ1n) is 8.81. The predicted molar refractivity (Wildman–Crippen MR) is 114 cm³/mol. The van der Waals surface area contributed by atoms with E-state index in [9.17, 15) is 26.7 Å². The van der Waals surface area contributed by atoms with Gasteiger partial charge in [0, 0.05) is 5.02 Å². The van der Waals surface area contributed by atoms with Gasteiger partial charge in [-0.25, -0.2) is 12.7 Å². The summed E-state index contributed by atoms with van der Waals surface area (Å²) < 4.78 is 67.4. The van der Waals surface area contributed by atoms with Gasteiger partial charge in [-0.05, 0) is 55.0 Å². The van der Waals surface area contributed by atoms with E-state index >= 15 is 0 Å². The molecular weight excluding hydrogens is 474 g/mol. The highest BCUT2D eigenvalue weighted by Crippen LogP contribution is 2.40. The number of rotatable bonds is 5. The molecule has 0 aromatic heterocycles. The van der Waals surface area contributed by atoms with Crippen LogP contribution in [0.4, 0.5) is 24.5 Å². The van der Waals surface area contributed by atoms with Gasteiger partial charge >= 0.3 is 6.18 Å². The van der Waals surface area contributed by atoms with Crippen molar-refractivity contribution in [1.82, 2.24) is 0 Å². The van der Waals surface area contributed by atoms with Gasteiger partial charge in [0.15, 0.2) is 5.60 Å². The van der Waals surface area contributed by atoms with Crippen LogP contribution in [0.3, 0.4) is 0 Å². The molecule has 0 heterocycles. The molecule has 0 aliphatic carbocycles. The van der Waals surface area contributed by atoms with Crippen molar-refractivity contribution in [3.63, 3.8) is 0 Å². The Kier molecular flexibility index (Phi) is 6.30. The normalized spacial score (nSPS) is 14.2. The van der Waals surface area contributed by atoms with Crippen LogP contribution in [0.1, 0.15) is 12.5 Å². The number of hydrogen-bond acceptors (Lipinski definition) is 3. The lowest BCUT2D eigenvalue weighted by molar-refractivity contribution is -0.258. The summed E-state index contributed by atoms with van der Waals surface area (Å²) in [6.07, 6.45) is -4.91. The molecular formula is C21H16Cl2F3NO3S. The van der Waals surface area contributed by atoms with Gasteiger partial charge in [0.2, 0.25) is 0 Å². The largest absolute Gasteiger partial charge is 0.421 e. The van der Waals surface area contributed by atoms with E-state index < -0.39 is 27.4 Å². The maximum atomic E-state index is 13.5. The highest BCUT2D eigenvalue weighted by Gasteiger charge is 2.51. The topological polar surface area (TPSA) is 57.6 Å². The maximum absolute atomic E-state index is 13.5. The zero-order valence-electron chi connectivity index (χ0n) is 15.9. The van der Waals surface area contributed by atoms with E-state index in [-0.39, 0.29) is 26.3 Å². The van der Waals surface area contributed by atoms with Gasteiger partial charge in [-0.3, -0.25) is 0 Å². The summed E-state index contributed by atoms with van der Waals surface area (Å²) >= 11 is 12.1. The fourth-order valence-corrected chi connectivity index (χ4v) is 5.08. The summed E-state index contributed by atoms with van der Waals surface area (Å²) in [5.41, 5.74) is -3.26. The minimum absolute atomic E-state index is 0.0453. The molecule has 0 bridgehead atoms. The molecule has 3 aromatic rings. The molecule has 0 fully saturated rings. The van der Waals surface area contributed by atoms with Crippen molar-refractivity contribution >= 4 is 44.6 Å². The lowest BCUT2D eigenvalue weighted by Crippen LogP contribution is -2.39. The Morgan fingerprint density at radius 2 is 1.42 bits per heavy atom. The van der Waals surface area contributed by atoms with E-state index in [4.69, 9.17) is 23.2 Å². The number of nitrogens with zero attached hydrogens (tertiary/aromatic N) is 1. The molecule has 0 radical (unpaired) electrons. The van der Waals surface area contributed by atoms with E-state index in [0.29, 0.717) is 6.92 Å². The molecule has 0 spiro atoms. The molecule has 0 amide bonds. The van der Waals surface area contributed by atoms with Crippen molar-refractivity contribution in [3.8, 4) is 0 Å². The molecule has 31 heavy (non-hydrogen) atoms. The molecule has 3 aromatic carbocycles. The molecule has 0 saturated carbocycles. The van der Waals surface area contributed by atoms with Crippen LogP contribution in [0.15, 0.2) is 77.7 Å². The van der Waals surface area contributed by atoms with Crippen LogP contribution in [-0.4, -0.2) is 19.7 Å². The molecule has 0 aliphatic rings. The van der Waals surface area contributed by atoms with Crippen LogP contribution in [0.5, 0.6) is 0 Å². The molecule has 0 aliphatic heterocycles. The first kappa shape index (κ1) is 23.4. The number of hydrogen-bond donors (Lipinski definition) is 1. The third kappa shape index (κ3) is 4.52. The van der Waals surface area contributed by atoms with E-state index in [0.717, 1.165) is 16.4 Å². The monoisotopic (exact) mass is 489 g/mol. The summed E-state index contributed by atoms with van der Waals surface area (Å²) in [6, 6.07) is 16.3. The lowest BCUT2D eigenvalue weighted by Gasteiger charge is -2.28. The fraction of sp³-hybridized carbons (Fsp3) is 0.143. The molecule has 164 valence electrons. The van der Waals surface area contributed by atoms with Gasteiger partial charge in [0.25, 0.3) is 10.0 Å². The highest BCUT2D eigenvalue weighted by molar-refractivity contribution is 7.93. The number of aliphatic hydroxyl groups is 1. The zero-order chi connectivity index (χ0) is 23.0. The minimum Gasteiger partial charge on any atom is -0.376 e. The first-order valence-corrected chi connectivity index (χ1v) is 11.0. The second-order valence-corrected chi connectivity index (χ2v) is 9.40. The first-order chi connectivity index (χ1) is 14.4. The van der Waals surface area contributed by atoms with Crippen molar-refractivity contribution in [1.29, 1.82) is 0 Å². The van der Waals surface area contributed by atoms with Crippen molar-refractivity contribution in [2.24, 2.45) is 0 Å². The van der Waals surface area contributed by atoms with E-state index in [2.05, 4.69) is 0 Å². The van der Waals surface area contributed by atoms with Crippen LogP contribution in [-0.2, 0) is 15.6 Å². The Morgan fingerprint density at radius 1 is 0.871 bits per heavy atom. The maximum Gasteiger partial charge on any atom is 0.421 e. The molecule has 0 saturated heterocycles. The lowest BCUT2D eigenvalue weighted by atomic mass is 9.95. The van der Waals surface area contributed by atoms with E-state index in [1.54, 1.807) is 18.2 Å².